The molecule has 23 heavy (non-hydrogen) atoms. The van der Waals surface area contributed by atoms with E-state index in [1.165, 1.54) is 14.2 Å². The molecule has 0 aliphatic rings. The molecule has 2 aromatic carbocycles. The van der Waals surface area contributed by atoms with Crippen molar-refractivity contribution in [2.45, 2.75) is 0 Å². The second-order valence-corrected chi connectivity index (χ2v) is 4.90. The Morgan fingerprint density at radius 2 is 1.57 bits per heavy atom. The zero-order chi connectivity index (χ0) is 16.8. The summed E-state index contributed by atoms with van der Waals surface area (Å²) in [6.07, 6.45) is 0. The van der Waals surface area contributed by atoms with E-state index in [1.807, 2.05) is 0 Å². The standard InChI is InChI=1S/C16H17ClN2O4/c1-21-11-6-4-10(5-7-11)18-16(20)19-13-9-14(22-2)12(17)8-15(13)23-3/h4-9H,1-3H3,(H2,18,19,20). The van der Waals surface area contributed by atoms with Crippen molar-refractivity contribution in [2.24, 2.45) is 0 Å². The van der Waals surface area contributed by atoms with Crippen LogP contribution in [0.15, 0.2) is 36.4 Å². The van der Waals surface area contributed by atoms with Crippen molar-refractivity contribution in [3.05, 3.63) is 41.4 Å². The van der Waals surface area contributed by atoms with Gasteiger partial charge >= 0.3 is 6.03 Å². The number of ether oxygens (including phenoxy) is 3. The molecule has 0 spiro atoms. The van der Waals surface area contributed by atoms with Gasteiger partial charge in [-0.25, -0.2) is 4.79 Å². The van der Waals surface area contributed by atoms with E-state index in [9.17, 15) is 4.79 Å². The number of rotatable bonds is 5. The molecule has 2 N–H and O–H groups in total. The zero-order valence-corrected chi connectivity index (χ0v) is 13.7. The van der Waals surface area contributed by atoms with Gasteiger partial charge in [-0.05, 0) is 24.3 Å². The molecule has 0 saturated heterocycles. The summed E-state index contributed by atoms with van der Waals surface area (Å²) in [4.78, 5) is 12.1. The van der Waals surface area contributed by atoms with Crippen molar-refractivity contribution < 1.29 is 19.0 Å². The highest BCUT2D eigenvalue weighted by Crippen LogP contribution is 2.35. The van der Waals surface area contributed by atoms with Crippen molar-refractivity contribution in [1.29, 1.82) is 0 Å². The van der Waals surface area contributed by atoms with E-state index >= 15 is 0 Å². The van der Waals surface area contributed by atoms with Crippen molar-refractivity contribution in [3.8, 4) is 17.2 Å². The highest BCUT2D eigenvalue weighted by Gasteiger charge is 2.12. The molecule has 6 nitrogen and oxygen atoms in total. The minimum absolute atomic E-state index is 0.394. The predicted octanol–water partition coefficient (Wildman–Crippen LogP) is 4.01. The number of carbonyl (C=O) groups excluding carboxylic acids is 1. The van der Waals surface area contributed by atoms with Crippen molar-refractivity contribution in [2.75, 3.05) is 32.0 Å². The van der Waals surface area contributed by atoms with Crippen LogP contribution < -0.4 is 24.8 Å². The van der Waals surface area contributed by atoms with Crippen LogP contribution in [0.1, 0.15) is 0 Å². The first kappa shape index (κ1) is 16.8. The van der Waals surface area contributed by atoms with Crippen molar-refractivity contribution in [1.82, 2.24) is 0 Å². The van der Waals surface area contributed by atoms with Crippen LogP contribution in [0.5, 0.6) is 17.2 Å². The topological polar surface area (TPSA) is 68.8 Å². The van der Waals surface area contributed by atoms with Crippen LogP contribution in [0.4, 0.5) is 16.2 Å². The number of carbonyl (C=O) groups is 1. The third-order valence-electron chi connectivity index (χ3n) is 3.07. The molecule has 0 aliphatic carbocycles. The van der Waals surface area contributed by atoms with Gasteiger partial charge < -0.3 is 24.8 Å². The summed E-state index contributed by atoms with van der Waals surface area (Å²) >= 11 is 6.03. The fourth-order valence-electron chi connectivity index (χ4n) is 1.92. The van der Waals surface area contributed by atoms with Crippen LogP contribution in [0.25, 0.3) is 0 Å². The summed E-state index contributed by atoms with van der Waals surface area (Å²) in [6.45, 7) is 0. The molecule has 0 radical (unpaired) electrons. The minimum atomic E-state index is -0.419. The van der Waals surface area contributed by atoms with E-state index in [4.69, 9.17) is 25.8 Å². The molecule has 0 bridgehead atoms. The molecule has 122 valence electrons. The first-order valence-corrected chi connectivity index (χ1v) is 7.08. The summed E-state index contributed by atoms with van der Waals surface area (Å²) in [5.41, 5.74) is 1.07. The van der Waals surface area contributed by atoms with Gasteiger partial charge in [0.2, 0.25) is 0 Å². The number of urea groups is 1. The van der Waals surface area contributed by atoms with Crippen LogP contribution >= 0.6 is 11.6 Å². The fraction of sp³-hybridized carbons (Fsp3) is 0.188. The Kier molecular flexibility index (Phi) is 5.54. The zero-order valence-electron chi connectivity index (χ0n) is 13.0. The van der Waals surface area contributed by atoms with E-state index in [2.05, 4.69) is 10.6 Å². The molecular weight excluding hydrogens is 320 g/mol. The van der Waals surface area contributed by atoms with Crippen LogP contribution in [0, 0.1) is 0 Å². The SMILES string of the molecule is COc1ccc(NC(=O)Nc2cc(OC)c(Cl)cc2OC)cc1. The lowest BCUT2D eigenvalue weighted by Gasteiger charge is -2.14. The average molecular weight is 337 g/mol. The summed E-state index contributed by atoms with van der Waals surface area (Å²) in [5.74, 6) is 1.58. The molecule has 0 atom stereocenters. The first-order valence-electron chi connectivity index (χ1n) is 6.71. The lowest BCUT2D eigenvalue weighted by molar-refractivity contribution is 0.262. The van der Waals surface area contributed by atoms with Crippen molar-refractivity contribution >= 4 is 29.0 Å². The Bertz CT molecular complexity index is 689. The highest BCUT2D eigenvalue weighted by molar-refractivity contribution is 6.32. The number of hydrogen-bond acceptors (Lipinski definition) is 4. The molecule has 0 aromatic heterocycles. The quantitative estimate of drug-likeness (QED) is 0.865. The number of halogens is 1. The smallest absolute Gasteiger partial charge is 0.323 e. The van der Waals surface area contributed by atoms with Crippen molar-refractivity contribution in [3.63, 3.8) is 0 Å². The number of hydrogen-bond donors (Lipinski definition) is 2. The fourth-order valence-corrected chi connectivity index (χ4v) is 2.15. The summed E-state index contributed by atoms with van der Waals surface area (Å²) < 4.78 is 15.4. The molecular formula is C16H17ClN2O4. The predicted molar refractivity (Wildman–Crippen MR) is 90.2 cm³/mol. The molecule has 2 rings (SSSR count). The normalized spacial score (nSPS) is 9.91. The van der Waals surface area contributed by atoms with Gasteiger partial charge in [-0.3, -0.25) is 0 Å². The lowest BCUT2D eigenvalue weighted by atomic mass is 10.2. The Hall–Kier alpha value is -2.60. The average Bonchev–Trinajstić information content (AvgIpc) is 2.56. The maximum Gasteiger partial charge on any atom is 0.323 e. The monoisotopic (exact) mass is 336 g/mol. The van der Waals surface area contributed by atoms with Crippen LogP contribution in [-0.4, -0.2) is 27.4 Å². The van der Waals surface area contributed by atoms with Crippen LogP contribution in [0.3, 0.4) is 0 Å². The molecule has 0 heterocycles. The van der Waals surface area contributed by atoms with Gasteiger partial charge in [0.1, 0.15) is 17.2 Å². The molecule has 0 saturated carbocycles. The van der Waals surface area contributed by atoms with Gasteiger partial charge in [-0.1, -0.05) is 11.6 Å². The van der Waals surface area contributed by atoms with Crippen LogP contribution in [0.2, 0.25) is 5.02 Å². The lowest BCUT2D eigenvalue weighted by Crippen LogP contribution is -2.19. The maximum atomic E-state index is 12.1. The number of nitrogens with one attached hydrogen (secondary N) is 2. The number of amides is 2. The Balaban J connectivity index is 2.12. The molecule has 0 aliphatic heterocycles. The van der Waals surface area contributed by atoms with E-state index in [0.717, 1.165) is 0 Å². The van der Waals surface area contributed by atoms with Gasteiger partial charge in [-0.15, -0.1) is 0 Å². The Morgan fingerprint density at radius 1 is 0.913 bits per heavy atom. The first-order chi connectivity index (χ1) is 11.1. The molecule has 0 unspecified atom stereocenters. The van der Waals surface area contributed by atoms with Crippen LogP contribution in [-0.2, 0) is 0 Å². The summed E-state index contributed by atoms with van der Waals surface area (Å²) in [5, 5.41) is 5.80. The molecule has 2 aromatic rings. The minimum Gasteiger partial charge on any atom is -0.497 e. The van der Waals surface area contributed by atoms with Gasteiger partial charge in [0, 0.05) is 17.8 Å². The largest absolute Gasteiger partial charge is 0.497 e. The third-order valence-corrected chi connectivity index (χ3v) is 3.37. The van der Waals surface area contributed by atoms with E-state index in [1.54, 1.807) is 43.5 Å². The third kappa shape index (κ3) is 4.20. The van der Waals surface area contributed by atoms with Gasteiger partial charge in [0.15, 0.2) is 0 Å². The Morgan fingerprint density at radius 3 is 2.13 bits per heavy atom. The molecule has 2 amide bonds. The van der Waals surface area contributed by atoms with E-state index < -0.39 is 6.03 Å². The maximum absolute atomic E-state index is 12.1. The van der Waals surface area contributed by atoms with Gasteiger partial charge in [-0.2, -0.15) is 0 Å². The second kappa shape index (κ2) is 7.60. The van der Waals surface area contributed by atoms with E-state index in [0.29, 0.717) is 33.6 Å². The second-order valence-electron chi connectivity index (χ2n) is 4.49. The Labute approximate surface area is 139 Å². The summed E-state index contributed by atoms with van der Waals surface area (Å²) in [6, 6.07) is 9.72. The highest BCUT2D eigenvalue weighted by atomic mass is 35.5. The summed E-state index contributed by atoms with van der Waals surface area (Å²) in [7, 11) is 4.56. The van der Waals surface area contributed by atoms with E-state index in [-0.39, 0.29) is 0 Å². The number of methoxy groups -OCH3 is 3. The van der Waals surface area contributed by atoms with Gasteiger partial charge in [0.05, 0.1) is 32.0 Å². The van der Waals surface area contributed by atoms with Gasteiger partial charge in [0.25, 0.3) is 0 Å². The number of benzene rings is 2. The number of anilines is 2. The molecule has 7 heteroatoms. The molecule has 0 fully saturated rings.